The molecule has 0 N–H and O–H groups in total. The van der Waals surface area contributed by atoms with Gasteiger partial charge in [-0.1, -0.05) is 37.3 Å². The van der Waals surface area contributed by atoms with Crippen molar-refractivity contribution in [1.82, 2.24) is 14.3 Å². The first-order valence-electron chi connectivity index (χ1n) is 9.42. The number of hydrogen-bond acceptors (Lipinski definition) is 4. The number of fused-ring (bicyclic) bond motifs is 1. The van der Waals surface area contributed by atoms with Crippen molar-refractivity contribution in [2.24, 2.45) is 7.05 Å². The van der Waals surface area contributed by atoms with E-state index in [0.29, 0.717) is 29.9 Å². The fourth-order valence-corrected chi connectivity index (χ4v) is 3.69. The van der Waals surface area contributed by atoms with E-state index in [-0.39, 0.29) is 17.5 Å². The quantitative estimate of drug-likeness (QED) is 0.545. The Morgan fingerprint density at radius 3 is 2.68 bits per heavy atom. The fraction of sp³-hybridized carbons (Fsp3) is 0.273. The van der Waals surface area contributed by atoms with Crippen LogP contribution in [0, 0.1) is 0 Å². The maximum Gasteiger partial charge on any atom is 0.261 e. The zero-order valence-corrected chi connectivity index (χ0v) is 15.8. The van der Waals surface area contributed by atoms with Crippen LogP contribution in [0.1, 0.15) is 30.0 Å². The van der Waals surface area contributed by atoms with E-state index in [9.17, 15) is 4.79 Å². The van der Waals surface area contributed by atoms with Gasteiger partial charge >= 0.3 is 0 Å². The van der Waals surface area contributed by atoms with Gasteiger partial charge in [0.05, 0.1) is 36.4 Å². The molecule has 1 unspecified atom stereocenters. The molecule has 0 aliphatic carbocycles. The van der Waals surface area contributed by atoms with Crippen molar-refractivity contribution < 1.29 is 9.15 Å². The average Bonchev–Trinajstić information content (AvgIpc) is 3.31. The molecule has 1 atom stereocenters. The highest BCUT2D eigenvalue weighted by Crippen LogP contribution is 2.34. The van der Waals surface area contributed by atoms with E-state index in [1.165, 1.54) is 5.56 Å². The van der Waals surface area contributed by atoms with Crippen molar-refractivity contribution in [2.75, 3.05) is 13.2 Å². The van der Waals surface area contributed by atoms with Crippen LogP contribution in [-0.4, -0.2) is 27.6 Å². The molecule has 0 spiro atoms. The van der Waals surface area contributed by atoms with E-state index >= 15 is 0 Å². The number of rotatable bonds is 4. The lowest BCUT2D eigenvalue weighted by molar-refractivity contribution is -0.0286. The van der Waals surface area contributed by atoms with Crippen molar-refractivity contribution in [3.8, 4) is 11.3 Å². The Morgan fingerprint density at radius 1 is 1.18 bits per heavy atom. The highest BCUT2D eigenvalue weighted by molar-refractivity contribution is 5.85. The number of aryl methyl sites for hydroxylation is 1. The van der Waals surface area contributed by atoms with Crippen LogP contribution in [0.15, 0.2) is 64.2 Å². The van der Waals surface area contributed by atoms with Crippen LogP contribution in [-0.2, 0) is 11.8 Å². The Balaban J connectivity index is 1.63. The van der Waals surface area contributed by atoms with Crippen LogP contribution < -0.4 is 5.56 Å². The van der Waals surface area contributed by atoms with Crippen molar-refractivity contribution in [1.29, 1.82) is 0 Å². The van der Waals surface area contributed by atoms with E-state index in [1.54, 1.807) is 17.8 Å². The highest BCUT2D eigenvalue weighted by atomic mass is 16.5. The molecule has 0 radical (unpaired) electrons. The summed E-state index contributed by atoms with van der Waals surface area (Å²) in [6.07, 6.45) is 5.61. The first-order chi connectivity index (χ1) is 13.6. The number of ether oxygens (including phenoxy) is 1. The molecule has 5 rings (SSSR count). The minimum atomic E-state index is -0.0613. The van der Waals surface area contributed by atoms with Gasteiger partial charge < -0.3 is 13.7 Å². The average molecular weight is 375 g/mol. The van der Waals surface area contributed by atoms with Crippen LogP contribution in [0.25, 0.3) is 22.3 Å². The molecule has 0 amide bonds. The van der Waals surface area contributed by atoms with Gasteiger partial charge in [-0.3, -0.25) is 9.48 Å². The fourth-order valence-electron chi connectivity index (χ4n) is 3.69. The van der Waals surface area contributed by atoms with Crippen LogP contribution in [0.3, 0.4) is 0 Å². The summed E-state index contributed by atoms with van der Waals surface area (Å²) in [5, 5.41) is 5.02. The van der Waals surface area contributed by atoms with E-state index in [1.807, 2.05) is 41.3 Å². The van der Waals surface area contributed by atoms with Gasteiger partial charge in [0.25, 0.3) is 5.56 Å². The lowest BCUT2D eigenvalue weighted by Gasteiger charge is -2.25. The van der Waals surface area contributed by atoms with Crippen LogP contribution >= 0.6 is 0 Å². The number of benzene rings is 1. The summed E-state index contributed by atoms with van der Waals surface area (Å²) >= 11 is 0. The molecule has 6 nitrogen and oxygen atoms in total. The Bertz CT molecular complexity index is 1200. The first-order valence-corrected chi connectivity index (χ1v) is 9.42. The van der Waals surface area contributed by atoms with Gasteiger partial charge in [0, 0.05) is 30.9 Å². The molecule has 3 aromatic heterocycles. The molecule has 0 saturated carbocycles. The van der Waals surface area contributed by atoms with Gasteiger partial charge in [-0.2, -0.15) is 5.10 Å². The predicted octanol–water partition coefficient (Wildman–Crippen LogP) is 3.72. The second-order valence-corrected chi connectivity index (χ2v) is 7.39. The molecule has 6 heteroatoms. The third-order valence-electron chi connectivity index (χ3n) is 5.52. The summed E-state index contributed by atoms with van der Waals surface area (Å²) in [6.45, 7) is 3.49. The monoisotopic (exact) mass is 375 g/mol. The number of hydrogen-bond donors (Lipinski definition) is 0. The molecule has 1 aromatic carbocycles. The molecule has 142 valence electrons. The van der Waals surface area contributed by atoms with E-state index < -0.39 is 0 Å². The Morgan fingerprint density at radius 2 is 1.96 bits per heavy atom. The predicted molar refractivity (Wildman–Crippen MR) is 106 cm³/mol. The van der Waals surface area contributed by atoms with Crippen molar-refractivity contribution in [3.63, 3.8) is 0 Å². The number of pyridine rings is 1. The van der Waals surface area contributed by atoms with E-state index in [2.05, 4.69) is 24.2 Å². The van der Waals surface area contributed by atoms with Crippen molar-refractivity contribution in [3.05, 3.63) is 76.5 Å². The molecule has 4 aromatic rings. The third kappa shape index (κ3) is 2.68. The number of furan rings is 1. The van der Waals surface area contributed by atoms with Gasteiger partial charge in [-0.05, 0) is 11.6 Å². The standard InChI is InChI=1S/C22H21N3O3/c1-14(15-6-4-3-5-7-15)19-11-24(2)22(26)18-8-20(28-21(18)19)16-9-23-25(10-16)17-12-27-13-17/h3-11,14,17H,12-13H2,1-2H3. The molecule has 1 aliphatic heterocycles. The summed E-state index contributed by atoms with van der Waals surface area (Å²) in [5.41, 5.74) is 3.62. The van der Waals surface area contributed by atoms with Gasteiger partial charge in [-0.15, -0.1) is 0 Å². The van der Waals surface area contributed by atoms with Crippen molar-refractivity contribution >= 4 is 11.0 Å². The Kier molecular flexibility index (Phi) is 3.94. The summed E-state index contributed by atoms with van der Waals surface area (Å²) in [4.78, 5) is 12.7. The van der Waals surface area contributed by atoms with Gasteiger partial charge in [0.1, 0.15) is 11.3 Å². The molecule has 4 heterocycles. The van der Waals surface area contributed by atoms with Crippen LogP contribution in [0.5, 0.6) is 0 Å². The summed E-state index contributed by atoms with van der Waals surface area (Å²) < 4.78 is 15.0. The smallest absolute Gasteiger partial charge is 0.261 e. The van der Waals surface area contributed by atoms with Crippen molar-refractivity contribution in [2.45, 2.75) is 18.9 Å². The molecule has 1 fully saturated rings. The van der Waals surface area contributed by atoms with Gasteiger partial charge in [0.15, 0.2) is 0 Å². The molecular weight excluding hydrogens is 354 g/mol. The van der Waals surface area contributed by atoms with Gasteiger partial charge in [-0.25, -0.2) is 0 Å². The topological polar surface area (TPSA) is 62.2 Å². The lowest BCUT2D eigenvalue weighted by Crippen LogP contribution is -2.30. The zero-order valence-electron chi connectivity index (χ0n) is 15.8. The van der Waals surface area contributed by atoms with Gasteiger partial charge in [0.2, 0.25) is 0 Å². The first kappa shape index (κ1) is 17.0. The Hall–Kier alpha value is -3.12. The Labute approximate surface area is 162 Å². The summed E-state index contributed by atoms with van der Waals surface area (Å²) in [7, 11) is 1.78. The molecule has 28 heavy (non-hydrogen) atoms. The maximum absolute atomic E-state index is 12.7. The van der Waals surface area contributed by atoms with E-state index in [4.69, 9.17) is 9.15 Å². The maximum atomic E-state index is 12.7. The summed E-state index contributed by atoms with van der Waals surface area (Å²) in [5.74, 6) is 0.760. The second-order valence-electron chi connectivity index (χ2n) is 7.39. The summed E-state index contributed by atoms with van der Waals surface area (Å²) in [6, 6.07) is 12.3. The molecule has 1 saturated heterocycles. The van der Waals surface area contributed by atoms with Crippen LogP contribution in [0.4, 0.5) is 0 Å². The largest absolute Gasteiger partial charge is 0.455 e. The normalized spacial score (nSPS) is 15.6. The third-order valence-corrected chi connectivity index (χ3v) is 5.52. The van der Waals surface area contributed by atoms with Crippen LogP contribution in [0.2, 0.25) is 0 Å². The minimum absolute atomic E-state index is 0.0613. The lowest BCUT2D eigenvalue weighted by atomic mass is 9.93. The molecule has 0 bridgehead atoms. The SMILES string of the molecule is CC(c1ccccc1)c1cn(C)c(=O)c2cc(-c3cnn(C4COC4)c3)oc12. The molecule has 1 aliphatic rings. The second kappa shape index (κ2) is 6.49. The highest BCUT2D eigenvalue weighted by Gasteiger charge is 2.23. The zero-order chi connectivity index (χ0) is 19.3. The number of nitrogens with zero attached hydrogens (tertiary/aromatic N) is 3. The minimum Gasteiger partial charge on any atom is -0.455 e. The molecular formula is C22H21N3O3. The number of aromatic nitrogens is 3. The van der Waals surface area contributed by atoms with E-state index in [0.717, 1.165) is 11.1 Å².